The number of carbonyl (C=O) groups excluding carboxylic acids is 1. The number of hydrogen-bond donors (Lipinski definition) is 2. The maximum absolute atomic E-state index is 11.6. The van der Waals surface area contributed by atoms with Gasteiger partial charge in [-0.1, -0.05) is 6.92 Å². The summed E-state index contributed by atoms with van der Waals surface area (Å²) in [6.07, 6.45) is 2.60. The molecule has 1 rings (SSSR count). The first-order valence-electron chi connectivity index (χ1n) is 5.13. The quantitative estimate of drug-likeness (QED) is 0.724. The highest BCUT2D eigenvalue weighted by Gasteiger charge is 2.28. The van der Waals surface area contributed by atoms with Crippen molar-refractivity contribution >= 4 is 5.97 Å². The van der Waals surface area contributed by atoms with E-state index in [4.69, 9.17) is 4.74 Å². The fourth-order valence-corrected chi connectivity index (χ4v) is 1.80. The number of nitrogens with one attached hydrogen (secondary N) is 2. The maximum atomic E-state index is 11.6. The summed E-state index contributed by atoms with van der Waals surface area (Å²) in [7, 11) is 3.27. The summed E-state index contributed by atoms with van der Waals surface area (Å²) in [6.45, 7) is 1.98. The lowest BCUT2D eigenvalue weighted by atomic mass is 9.94. The van der Waals surface area contributed by atoms with Gasteiger partial charge in [-0.25, -0.2) is 0 Å². The average molecular weight is 210 g/mol. The van der Waals surface area contributed by atoms with E-state index in [2.05, 4.69) is 10.3 Å². The molecule has 2 atom stereocenters. The van der Waals surface area contributed by atoms with Crippen molar-refractivity contribution < 1.29 is 9.53 Å². The van der Waals surface area contributed by atoms with E-state index in [1.54, 1.807) is 0 Å². The van der Waals surface area contributed by atoms with Crippen LogP contribution in [0.15, 0.2) is 18.3 Å². The Balaban J connectivity index is 2.84. The summed E-state index contributed by atoms with van der Waals surface area (Å²) in [5, 5.41) is 3.14. The van der Waals surface area contributed by atoms with Gasteiger partial charge in [-0.2, -0.15) is 0 Å². The van der Waals surface area contributed by atoms with Gasteiger partial charge >= 0.3 is 5.97 Å². The van der Waals surface area contributed by atoms with E-state index in [9.17, 15) is 4.79 Å². The largest absolute Gasteiger partial charge is 0.469 e. The van der Waals surface area contributed by atoms with E-state index in [-0.39, 0.29) is 17.9 Å². The van der Waals surface area contributed by atoms with Gasteiger partial charge in [0, 0.05) is 11.9 Å². The highest BCUT2D eigenvalue weighted by molar-refractivity contribution is 5.73. The molecule has 2 unspecified atom stereocenters. The minimum atomic E-state index is -0.175. The molecule has 0 bridgehead atoms. The fourth-order valence-electron chi connectivity index (χ4n) is 1.80. The highest BCUT2D eigenvalue weighted by atomic mass is 16.5. The molecule has 0 amide bonds. The number of H-pyrrole nitrogens is 1. The van der Waals surface area contributed by atoms with Crippen LogP contribution in [-0.4, -0.2) is 25.1 Å². The molecule has 0 saturated carbocycles. The summed E-state index contributed by atoms with van der Waals surface area (Å²) in [5.41, 5.74) is 1.01. The number of rotatable bonds is 5. The molecule has 15 heavy (non-hydrogen) atoms. The SMILES string of the molecule is CCC(C(=O)OC)C(NC)c1ccc[nH]1. The highest BCUT2D eigenvalue weighted by Crippen LogP contribution is 2.24. The average Bonchev–Trinajstić information content (AvgIpc) is 2.77. The van der Waals surface area contributed by atoms with E-state index in [1.165, 1.54) is 7.11 Å². The van der Waals surface area contributed by atoms with E-state index in [0.717, 1.165) is 12.1 Å². The van der Waals surface area contributed by atoms with Gasteiger partial charge in [-0.05, 0) is 25.6 Å². The molecule has 0 saturated heterocycles. The Morgan fingerprint density at radius 1 is 1.67 bits per heavy atom. The van der Waals surface area contributed by atoms with Gasteiger partial charge in [0.05, 0.1) is 19.1 Å². The Morgan fingerprint density at radius 2 is 2.40 bits per heavy atom. The second kappa shape index (κ2) is 5.56. The first-order valence-corrected chi connectivity index (χ1v) is 5.13. The summed E-state index contributed by atoms with van der Waals surface area (Å²) in [6, 6.07) is 3.87. The van der Waals surface area contributed by atoms with E-state index in [0.29, 0.717) is 0 Å². The first-order chi connectivity index (χ1) is 7.24. The smallest absolute Gasteiger partial charge is 0.310 e. The molecule has 1 aromatic heterocycles. The Labute approximate surface area is 90.0 Å². The predicted octanol–water partition coefficient (Wildman–Crippen LogP) is 1.47. The number of esters is 1. The van der Waals surface area contributed by atoms with Crippen LogP contribution in [0.1, 0.15) is 25.1 Å². The fraction of sp³-hybridized carbons (Fsp3) is 0.545. The summed E-state index contributed by atoms with van der Waals surface area (Å²) < 4.78 is 4.79. The van der Waals surface area contributed by atoms with Gasteiger partial charge in [0.1, 0.15) is 0 Å². The molecule has 0 fully saturated rings. The molecule has 0 radical (unpaired) electrons. The van der Waals surface area contributed by atoms with Gasteiger partial charge in [-0.3, -0.25) is 4.79 Å². The number of aromatic amines is 1. The number of ether oxygens (including phenoxy) is 1. The molecule has 1 aromatic rings. The van der Waals surface area contributed by atoms with Gasteiger partial charge in [0.25, 0.3) is 0 Å². The lowest BCUT2D eigenvalue weighted by Gasteiger charge is -2.22. The third kappa shape index (κ3) is 2.59. The lowest BCUT2D eigenvalue weighted by Crippen LogP contribution is -2.31. The van der Waals surface area contributed by atoms with Crippen LogP contribution in [-0.2, 0) is 9.53 Å². The third-order valence-electron chi connectivity index (χ3n) is 2.61. The second-order valence-corrected chi connectivity index (χ2v) is 3.43. The van der Waals surface area contributed by atoms with E-state index < -0.39 is 0 Å². The van der Waals surface area contributed by atoms with Crippen LogP contribution >= 0.6 is 0 Å². The van der Waals surface area contributed by atoms with Crippen LogP contribution in [0.3, 0.4) is 0 Å². The van der Waals surface area contributed by atoms with Gasteiger partial charge in [0.2, 0.25) is 0 Å². The number of methoxy groups -OCH3 is 1. The van der Waals surface area contributed by atoms with Crippen molar-refractivity contribution in [1.29, 1.82) is 0 Å². The van der Waals surface area contributed by atoms with Crippen LogP contribution in [0, 0.1) is 5.92 Å². The molecule has 0 aliphatic heterocycles. The van der Waals surface area contributed by atoms with Crippen molar-refractivity contribution in [2.45, 2.75) is 19.4 Å². The van der Waals surface area contributed by atoms with Crippen LogP contribution in [0.4, 0.5) is 0 Å². The van der Waals surface area contributed by atoms with Gasteiger partial charge < -0.3 is 15.0 Å². The van der Waals surface area contributed by atoms with Crippen LogP contribution in [0.25, 0.3) is 0 Å². The maximum Gasteiger partial charge on any atom is 0.310 e. The zero-order chi connectivity index (χ0) is 11.3. The molecule has 0 aromatic carbocycles. The third-order valence-corrected chi connectivity index (χ3v) is 2.61. The van der Waals surface area contributed by atoms with E-state index in [1.807, 2.05) is 32.3 Å². The molecule has 84 valence electrons. The molecular weight excluding hydrogens is 192 g/mol. The summed E-state index contributed by atoms with van der Waals surface area (Å²) in [5.74, 6) is -0.329. The van der Waals surface area contributed by atoms with Gasteiger partial charge in [0.15, 0.2) is 0 Å². The van der Waals surface area contributed by atoms with Crippen molar-refractivity contribution in [3.8, 4) is 0 Å². The Morgan fingerprint density at radius 3 is 2.80 bits per heavy atom. The van der Waals surface area contributed by atoms with Gasteiger partial charge in [-0.15, -0.1) is 0 Å². The molecule has 0 aliphatic carbocycles. The summed E-state index contributed by atoms with van der Waals surface area (Å²) >= 11 is 0. The number of carbonyl (C=O) groups is 1. The monoisotopic (exact) mass is 210 g/mol. The molecular formula is C11H18N2O2. The number of hydrogen-bond acceptors (Lipinski definition) is 3. The van der Waals surface area contributed by atoms with Crippen molar-refractivity contribution in [3.63, 3.8) is 0 Å². The second-order valence-electron chi connectivity index (χ2n) is 3.43. The Hall–Kier alpha value is -1.29. The van der Waals surface area contributed by atoms with Crippen LogP contribution < -0.4 is 5.32 Å². The molecule has 4 heteroatoms. The normalized spacial score (nSPS) is 14.6. The van der Waals surface area contributed by atoms with Crippen molar-refractivity contribution in [1.82, 2.24) is 10.3 Å². The standard InChI is InChI=1S/C11H18N2O2/c1-4-8(11(14)15-3)10(12-2)9-6-5-7-13-9/h5-8,10,12-13H,4H2,1-3H3. The lowest BCUT2D eigenvalue weighted by molar-refractivity contribution is -0.146. The molecule has 0 spiro atoms. The first kappa shape index (κ1) is 11.8. The minimum Gasteiger partial charge on any atom is -0.469 e. The molecule has 2 N–H and O–H groups in total. The predicted molar refractivity (Wildman–Crippen MR) is 58.4 cm³/mol. The van der Waals surface area contributed by atoms with E-state index >= 15 is 0 Å². The van der Waals surface area contributed by atoms with Crippen molar-refractivity contribution in [2.75, 3.05) is 14.2 Å². The Bertz CT molecular complexity index is 296. The molecule has 4 nitrogen and oxygen atoms in total. The number of aromatic nitrogens is 1. The van der Waals surface area contributed by atoms with Crippen LogP contribution in [0.2, 0.25) is 0 Å². The van der Waals surface area contributed by atoms with Crippen molar-refractivity contribution in [2.24, 2.45) is 5.92 Å². The topological polar surface area (TPSA) is 54.1 Å². The summed E-state index contributed by atoms with van der Waals surface area (Å²) in [4.78, 5) is 14.7. The Kier molecular flexibility index (Phi) is 4.37. The zero-order valence-corrected chi connectivity index (χ0v) is 9.41. The molecule has 1 heterocycles. The molecule has 0 aliphatic rings. The minimum absolute atomic E-state index is 0.0163. The zero-order valence-electron chi connectivity index (χ0n) is 9.41. The van der Waals surface area contributed by atoms with Crippen LogP contribution in [0.5, 0.6) is 0 Å². The van der Waals surface area contributed by atoms with Crippen molar-refractivity contribution in [3.05, 3.63) is 24.0 Å².